The number of halogens is 3. The van der Waals surface area contributed by atoms with E-state index in [1.807, 2.05) is 0 Å². The van der Waals surface area contributed by atoms with Crippen molar-refractivity contribution in [1.29, 1.82) is 0 Å². The van der Waals surface area contributed by atoms with Gasteiger partial charge in [0, 0.05) is 42.2 Å². The van der Waals surface area contributed by atoms with Crippen LogP contribution in [-0.2, 0) is 25.2 Å². The van der Waals surface area contributed by atoms with E-state index in [9.17, 15) is 32.3 Å². The Morgan fingerprint density at radius 2 is 1.22 bits per heavy atom. The van der Waals surface area contributed by atoms with Crippen LogP contribution in [0.1, 0.15) is 80.8 Å². The van der Waals surface area contributed by atoms with Crippen molar-refractivity contribution in [2.24, 2.45) is 11.8 Å². The average molecular weight is 805 g/mol. The van der Waals surface area contributed by atoms with E-state index in [0.29, 0.717) is 60.8 Å². The Bertz CT molecular complexity index is 2170. The molecule has 4 aliphatic rings. The minimum Gasteiger partial charge on any atom is -0.453 e. The van der Waals surface area contributed by atoms with Gasteiger partial charge in [-0.3, -0.25) is 9.59 Å². The van der Waals surface area contributed by atoms with Gasteiger partial charge < -0.3 is 39.9 Å². The number of alkyl carbamates (subject to hydrolysis) is 2. The Labute approximate surface area is 330 Å². The molecule has 0 unspecified atom stereocenters. The summed E-state index contributed by atoms with van der Waals surface area (Å²) in [6, 6.07) is 3.78. The third-order valence-electron chi connectivity index (χ3n) is 11.3. The summed E-state index contributed by atoms with van der Waals surface area (Å²) < 4.78 is 52.7. The van der Waals surface area contributed by atoms with E-state index in [2.05, 4.69) is 40.5 Å². The van der Waals surface area contributed by atoms with Gasteiger partial charge in [-0.05, 0) is 63.2 Å². The number of benzene rings is 1. The zero-order valence-corrected chi connectivity index (χ0v) is 31.8. The predicted molar refractivity (Wildman–Crippen MR) is 199 cm³/mol. The van der Waals surface area contributed by atoms with Crippen molar-refractivity contribution < 1.29 is 41.8 Å². The smallest absolute Gasteiger partial charge is 0.433 e. The third kappa shape index (κ3) is 7.93. The number of carbonyl (C=O) groups is 4. The number of alkyl halides is 3. The number of likely N-dealkylation sites (tertiary alicyclic amines) is 2. The molecule has 4 amide bonds. The van der Waals surface area contributed by atoms with Gasteiger partial charge in [-0.1, -0.05) is 24.3 Å². The van der Waals surface area contributed by atoms with Crippen LogP contribution in [0.5, 0.6) is 0 Å². The lowest BCUT2D eigenvalue weighted by molar-refractivity contribution is -0.140. The molecule has 0 bridgehead atoms. The second kappa shape index (κ2) is 15.7. The number of imidazole rings is 2. The maximum atomic E-state index is 14.4. The normalized spacial score (nSPS) is 20.4. The van der Waals surface area contributed by atoms with Crippen molar-refractivity contribution in [2.75, 3.05) is 27.3 Å². The molecule has 4 aromatic rings. The first-order chi connectivity index (χ1) is 27.9. The molecule has 2 saturated heterocycles. The number of ether oxygens (including phenoxy) is 2. The number of H-pyrrole nitrogens is 2. The minimum absolute atomic E-state index is 0.0241. The molecule has 1 aromatic carbocycles. The van der Waals surface area contributed by atoms with Crippen LogP contribution in [0.4, 0.5) is 22.8 Å². The fraction of sp³-hybridized carbons (Fsp3) is 0.487. The van der Waals surface area contributed by atoms with E-state index in [1.54, 1.807) is 35.6 Å². The van der Waals surface area contributed by atoms with Gasteiger partial charge in [0.1, 0.15) is 35.1 Å². The Hall–Kier alpha value is -6.01. The molecular weight excluding hydrogens is 761 g/mol. The molecule has 2 saturated carbocycles. The lowest BCUT2D eigenvalue weighted by atomic mass is 10.1. The number of nitrogens with zero attached hydrogens (tertiary/aromatic N) is 6. The zero-order valence-electron chi connectivity index (χ0n) is 31.8. The molecule has 4 fully saturated rings. The summed E-state index contributed by atoms with van der Waals surface area (Å²) in [7, 11) is 2.47. The van der Waals surface area contributed by atoms with E-state index in [1.165, 1.54) is 31.3 Å². The molecule has 0 spiro atoms. The Balaban J connectivity index is 0.967. The standard InChI is InChI=1S/C39H43F3N10O6/c1-57-37(55)48-29(21-7-8-21)35(53)51-15-3-5-26(51)33-45-19-25(46-33)24-17-43-32(44-18-24)23-13-11-20(12-14-23)28-31(39(40,41)42)50-34(47-28)27-6-4-16-52(27)36(54)30(22-9-10-22)49-38(56)58-2/h11-14,17-19,21-22,26-27,29-30H,3-10,15-16H2,1-2H3,(H,45,46)(H,47,50)(H,48,55)(H,49,56)/t26-,27-,29-,30-/m0/s1. The van der Waals surface area contributed by atoms with E-state index < -0.39 is 42.2 Å². The number of nitrogens with one attached hydrogen (secondary N) is 4. The van der Waals surface area contributed by atoms with Crippen molar-refractivity contribution in [3.8, 4) is 33.9 Å². The van der Waals surface area contributed by atoms with Gasteiger partial charge in [0.2, 0.25) is 11.8 Å². The van der Waals surface area contributed by atoms with Crippen LogP contribution in [0.15, 0.2) is 42.9 Å². The highest BCUT2D eigenvalue weighted by Crippen LogP contribution is 2.42. The van der Waals surface area contributed by atoms with Gasteiger partial charge >= 0.3 is 18.4 Å². The SMILES string of the molecule is COC(=O)N[C@H](C(=O)N1CCC[C@H]1c1ncc(-c2cnc(-c3ccc(-c4nc([C@@H]5CCCN5C(=O)[C@@H](NC(=O)OC)C5CC5)[nH]c4C(F)(F)F)cc3)nc2)[nH]1)C1CC1. The fourth-order valence-electron chi connectivity index (χ4n) is 7.99. The van der Waals surface area contributed by atoms with Crippen LogP contribution in [0.25, 0.3) is 33.9 Å². The monoisotopic (exact) mass is 804 g/mol. The van der Waals surface area contributed by atoms with Crippen LogP contribution in [-0.4, -0.2) is 103 Å². The summed E-state index contributed by atoms with van der Waals surface area (Å²) in [5.74, 6) is 0.476. The summed E-state index contributed by atoms with van der Waals surface area (Å²) in [5, 5.41) is 5.30. The summed E-state index contributed by atoms with van der Waals surface area (Å²) >= 11 is 0. The number of aromatic amines is 2. The van der Waals surface area contributed by atoms with Crippen molar-refractivity contribution >= 4 is 24.0 Å². The Kier molecular flexibility index (Phi) is 10.5. The third-order valence-corrected chi connectivity index (χ3v) is 11.3. The van der Waals surface area contributed by atoms with E-state index >= 15 is 0 Å². The van der Waals surface area contributed by atoms with Crippen molar-refractivity contribution in [1.82, 2.24) is 50.3 Å². The lowest BCUT2D eigenvalue weighted by Crippen LogP contribution is -2.49. The first-order valence-corrected chi connectivity index (χ1v) is 19.4. The van der Waals surface area contributed by atoms with Crippen LogP contribution in [0.2, 0.25) is 0 Å². The zero-order chi connectivity index (χ0) is 40.7. The number of aromatic nitrogens is 6. The number of methoxy groups -OCH3 is 2. The number of rotatable bonds is 11. The quantitative estimate of drug-likeness (QED) is 0.149. The summed E-state index contributed by atoms with van der Waals surface area (Å²) in [4.78, 5) is 78.1. The molecule has 4 atom stereocenters. The summed E-state index contributed by atoms with van der Waals surface area (Å²) in [5.41, 5.74) is 0.737. The van der Waals surface area contributed by atoms with Gasteiger partial charge in [0.05, 0.1) is 38.2 Å². The molecule has 0 radical (unpaired) electrons. The number of amides is 4. The first kappa shape index (κ1) is 38.8. The first-order valence-electron chi connectivity index (χ1n) is 19.4. The second-order valence-electron chi connectivity index (χ2n) is 15.2. The second-order valence-corrected chi connectivity index (χ2v) is 15.2. The average Bonchev–Trinajstić information content (AvgIpc) is 3.96. The molecular formula is C39H43F3N10O6. The highest BCUT2D eigenvalue weighted by molar-refractivity contribution is 5.87. The van der Waals surface area contributed by atoms with Crippen molar-refractivity contribution in [3.63, 3.8) is 0 Å². The topological polar surface area (TPSA) is 200 Å². The molecule has 58 heavy (non-hydrogen) atoms. The van der Waals surface area contributed by atoms with Gasteiger partial charge in [-0.25, -0.2) is 29.5 Å². The van der Waals surface area contributed by atoms with E-state index in [4.69, 9.17) is 9.47 Å². The molecule has 19 heteroatoms. The van der Waals surface area contributed by atoms with Crippen molar-refractivity contribution in [3.05, 3.63) is 60.2 Å². The molecule has 8 rings (SSSR count). The predicted octanol–water partition coefficient (Wildman–Crippen LogP) is 5.54. The highest BCUT2D eigenvalue weighted by Gasteiger charge is 2.46. The lowest BCUT2D eigenvalue weighted by Gasteiger charge is -2.28. The van der Waals surface area contributed by atoms with E-state index in [-0.39, 0.29) is 46.8 Å². The van der Waals surface area contributed by atoms with Gasteiger partial charge in [0.15, 0.2) is 5.82 Å². The molecule has 5 heterocycles. The molecule has 2 aliphatic carbocycles. The van der Waals surface area contributed by atoms with Crippen LogP contribution in [0.3, 0.4) is 0 Å². The molecule has 16 nitrogen and oxygen atoms in total. The van der Waals surface area contributed by atoms with E-state index in [0.717, 1.165) is 32.1 Å². The number of hydrogen-bond acceptors (Lipinski definition) is 10. The largest absolute Gasteiger partial charge is 0.453 e. The van der Waals surface area contributed by atoms with Crippen LogP contribution in [0, 0.1) is 11.8 Å². The van der Waals surface area contributed by atoms with Gasteiger partial charge in [-0.2, -0.15) is 13.2 Å². The molecule has 3 aromatic heterocycles. The number of carbonyl (C=O) groups excluding carboxylic acids is 4. The minimum atomic E-state index is -4.76. The molecule has 2 aliphatic heterocycles. The summed E-state index contributed by atoms with van der Waals surface area (Å²) in [6.45, 7) is 0.861. The number of hydrogen-bond donors (Lipinski definition) is 4. The summed E-state index contributed by atoms with van der Waals surface area (Å²) in [6.07, 6.45) is 4.43. The highest BCUT2D eigenvalue weighted by atomic mass is 19.4. The Morgan fingerprint density at radius 3 is 1.72 bits per heavy atom. The maximum Gasteiger partial charge on any atom is 0.433 e. The molecule has 4 N–H and O–H groups in total. The van der Waals surface area contributed by atoms with Crippen molar-refractivity contribution in [2.45, 2.75) is 81.7 Å². The van der Waals surface area contributed by atoms with Crippen LogP contribution < -0.4 is 10.6 Å². The Morgan fingerprint density at radius 1 is 0.707 bits per heavy atom. The van der Waals surface area contributed by atoms with Gasteiger partial charge in [-0.15, -0.1) is 0 Å². The molecule has 306 valence electrons. The van der Waals surface area contributed by atoms with Crippen LogP contribution >= 0.6 is 0 Å². The van der Waals surface area contributed by atoms with Gasteiger partial charge in [0.25, 0.3) is 0 Å². The maximum absolute atomic E-state index is 14.4. The fourth-order valence-corrected chi connectivity index (χ4v) is 7.99.